The average molecular weight is 488 g/mol. The number of amides is 1. The highest BCUT2D eigenvalue weighted by Gasteiger charge is 2.22. The lowest BCUT2D eigenvalue weighted by molar-refractivity contribution is -0.116. The van der Waals surface area contributed by atoms with E-state index >= 15 is 0 Å². The van der Waals surface area contributed by atoms with Gasteiger partial charge in [0, 0.05) is 21.8 Å². The van der Waals surface area contributed by atoms with Gasteiger partial charge in [0.15, 0.2) is 0 Å². The van der Waals surface area contributed by atoms with E-state index in [1.165, 1.54) is 11.3 Å². The zero-order valence-electron chi connectivity index (χ0n) is 16.5. The number of hydrogen-bond acceptors (Lipinski definition) is 5. The minimum Gasteiger partial charge on any atom is -0.494 e. The van der Waals surface area contributed by atoms with Crippen molar-refractivity contribution in [2.75, 3.05) is 18.5 Å². The van der Waals surface area contributed by atoms with E-state index in [9.17, 15) is 9.59 Å². The SMILES string of the molecule is CCOC(=O)c1c(-c2ccc(Br)cc2)csc1NC(=O)CCCOc1ccccc1. The third kappa shape index (κ3) is 5.93. The third-order valence-corrected chi connectivity index (χ3v) is 5.66. The molecule has 0 saturated carbocycles. The van der Waals surface area contributed by atoms with Crippen molar-refractivity contribution in [1.29, 1.82) is 0 Å². The molecule has 5 nitrogen and oxygen atoms in total. The van der Waals surface area contributed by atoms with Crippen LogP contribution in [0.15, 0.2) is 64.5 Å². The van der Waals surface area contributed by atoms with Crippen molar-refractivity contribution in [1.82, 2.24) is 0 Å². The van der Waals surface area contributed by atoms with Gasteiger partial charge in [0.05, 0.1) is 13.2 Å². The second kappa shape index (κ2) is 10.9. The van der Waals surface area contributed by atoms with Crippen molar-refractivity contribution >= 4 is 44.1 Å². The molecule has 0 fully saturated rings. The monoisotopic (exact) mass is 487 g/mol. The van der Waals surface area contributed by atoms with Gasteiger partial charge in [-0.15, -0.1) is 11.3 Å². The number of halogens is 1. The summed E-state index contributed by atoms with van der Waals surface area (Å²) in [5.74, 6) is 0.167. The molecule has 0 spiro atoms. The minimum atomic E-state index is -0.445. The van der Waals surface area contributed by atoms with Gasteiger partial charge < -0.3 is 14.8 Å². The summed E-state index contributed by atoms with van der Waals surface area (Å²) in [6, 6.07) is 17.1. The number of esters is 1. The predicted octanol–water partition coefficient (Wildman–Crippen LogP) is 6.15. The van der Waals surface area contributed by atoms with E-state index in [4.69, 9.17) is 9.47 Å². The van der Waals surface area contributed by atoms with Gasteiger partial charge in [-0.05, 0) is 43.2 Å². The average Bonchev–Trinajstić information content (AvgIpc) is 3.16. The Morgan fingerprint density at radius 3 is 2.50 bits per heavy atom. The van der Waals surface area contributed by atoms with Gasteiger partial charge in [-0.2, -0.15) is 0 Å². The minimum absolute atomic E-state index is 0.165. The molecule has 0 aliphatic heterocycles. The highest BCUT2D eigenvalue weighted by molar-refractivity contribution is 9.10. The zero-order chi connectivity index (χ0) is 21.3. The van der Waals surface area contributed by atoms with E-state index in [1.807, 2.05) is 60.0 Å². The van der Waals surface area contributed by atoms with Crippen molar-refractivity contribution in [2.45, 2.75) is 19.8 Å². The van der Waals surface area contributed by atoms with Gasteiger partial charge in [0.25, 0.3) is 0 Å². The second-order valence-corrected chi connectivity index (χ2v) is 8.19. The summed E-state index contributed by atoms with van der Waals surface area (Å²) in [5, 5.41) is 5.23. The Morgan fingerprint density at radius 2 is 1.80 bits per heavy atom. The zero-order valence-corrected chi connectivity index (χ0v) is 18.9. The van der Waals surface area contributed by atoms with Crippen LogP contribution in [0.3, 0.4) is 0 Å². The Morgan fingerprint density at radius 1 is 1.07 bits per heavy atom. The number of thiophene rings is 1. The molecular weight excluding hydrogens is 466 g/mol. The molecule has 30 heavy (non-hydrogen) atoms. The molecule has 0 atom stereocenters. The molecule has 0 bridgehead atoms. The number of para-hydroxylation sites is 1. The topological polar surface area (TPSA) is 64.6 Å². The summed E-state index contributed by atoms with van der Waals surface area (Å²) in [5.41, 5.74) is 2.01. The summed E-state index contributed by atoms with van der Waals surface area (Å²) in [6.07, 6.45) is 0.862. The van der Waals surface area contributed by atoms with Crippen molar-refractivity contribution in [3.63, 3.8) is 0 Å². The molecule has 3 rings (SSSR count). The van der Waals surface area contributed by atoms with Crippen LogP contribution in [0.5, 0.6) is 5.75 Å². The van der Waals surface area contributed by atoms with Crippen LogP contribution >= 0.6 is 27.3 Å². The summed E-state index contributed by atoms with van der Waals surface area (Å²) >= 11 is 4.73. The Balaban J connectivity index is 1.66. The van der Waals surface area contributed by atoms with Crippen LogP contribution in [0.1, 0.15) is 30.1 Å². The van der Waals surface area contributed by atoms with Crippen LogP contribution in [0.25, 0.3) is 11.1 Å². The molecule has 7 heteroatoms. The van der Waals surface area contributed by atoms with Gasteiger partial charge in [0.2, 0.25) is 5.91 Å². The molecule has 0 aliphatic rings. The molecular formula is C23H22BrNO4S. The molecule has 1 aromatic heterocycles. The van der Waals surface area contributed by atoms with E-state index in [0.29, 0.717) is 30.0 Å². The molecule has 2 aromatic carbocycles. The summed E-state index contributed by atoms with van der Waals surface area (Å²) in [4.78, 5) is 25.0. The number of carbonyl (C=O) groups is 2. The van der Waals surface area contributed by atoms with Crippen molar-refractivity contribution < 1.29 is 19.1 Å². The fraction of sp³-hybridized carbons (Fsp3) is 0.217. The van der Waals surface area contributed by atoms with Crippen LogP contribution < -0.4 is 10.1 Å². The van der Waals surface area contributed by atoms with Crippen LogP contribution in [-0.2, 0) is 9.53 Å². The molecule has 1 N–H and O–H groups in total. The van der Waals surface area contributed by atoms with E-state index in [2.05, 4.69) is 21.2 Å². The van der Waals surface area contributed by atoms with Gasteiger partial charge in [-0.1, -0.05) is 46.3 Å². The molecule has 1 amide bonds. The van der Waals surface area contributed by atoms with Gasteiger partial charge in [-0.3, -0.25) is 4.79 Å². The van der Waals surface area contributed by atoms with Crippen LogP contribution in [0.4, 0.5) is 5.00 Å². The first-order valence-electron chi connectivity index (χ1n) is 9.60. The predicted molar refractivity (Wildman–Crippen MR) is 123 cm³/mol. The molecule has 0 saturated heterocycles. The Kier molecular flexibility index (Phi) is 8.04. The van der Waals surface area contributed by atoms with Crippen molar-refractivity contribution in [3.8, 4) is 16.9 Å². The van der Waals surface area contributed by atoms with E-state index < -0.39 is 5.97 Å². The highest BCUT2D eigenvalue weighted by atomic mass is 79.9. The van der Waals surface area contributed by atoms with Crippen LogP contribution in [-0.4, -0.2) is 25.1 Å². The van der Waals surface area contributed by atoms with Crippen LogP contribution in [0, 0.1) is 0 Å². The lowest BCUT2D eigenvalue weighted by Crippen LogP contribution is -2.15. The maximum atomic E-state index is 12.6. The van der Waals surface area contributed by atoms with Gasteiger partial charge >= 0.3 is 5.97 Å². The fourth-order valence-corrected chi connectivity index (χ4v) is 4.06. The lowest BCUT2D eigenvalue weighted by Gasteiger charge is -2.09. The number of rotatable bonds is 9. The number of benzene rings is 2. The first-order valence-corrected chi connectivity index (χ1v) is 11.3. The Labute approximate surface area is 188 Å². The largest absolute Gasteiger partial charge is 0.494 e. The maximum absolute atomic E-state index is 12.6. The molecule has 156 valence electrons. The fourth-order valence-electron chi connectivity index (χ4n) is 2.83. The van der Waals surface area contributed by atoms with Crippen molar-refractivity contribution in [3.05, 3.63) is 70.0 Å². The standard InChI is InChI=1S/C23H22BrNO4S/c1-2-28-23(27)21-19(16-10-12-17(24)13-11-16)15-30-22(21)25-20(26)9-6-14-29-18-7-4-3-5-8-18/h3-5,7-8,10-13,15H,2,6,9,14H2,1H3,(H,25,26). The molecule has 3 aromatic rings. The lowest BCUT2D eigenvalue weighted by atomic mass is 10.0. The van der Waals surface area contributed by atoms with E-state index in [-0.39, 0.29) is 12.5 Å². The molecule has 0 unspecified atom stereocenters. The first-order chi connectivity index (χ1) is 14.6. The Bertz CT molecular complexity index is 986. The molecule has 1 heterocycles. The number of anilines is 1. The van der Waals surface area contributed by atoms with Crippen molar-refractivity contribution in [2.24, 2.45) is 0 Å². The van der Waals surface area contributed by atoms with Gasteiger partial charge in [0.1, 0.15) is 16.3 Å². The number of carbonyl (C=O) groups excluding carboxylic acids is 2. The second-order valence-electron chi connectivity index (χ2n) is 6.39. The van der Waals surface area contributed by atoms with E-state index in [0.717, 1.165) is 21.3 Å². The van der Waals surface area contributed by atoms with E-state index in [1.54, 1.807) is 6.92 Å². The maximum Gasteiger partial charge on any atom is 0.341 e. The summed E-state index contributed by atoms with van der Waals surface area (Å²) in [6.45, 7) is 2.46. The number of hydrogen-bond donors (Lipinski definition) is 1. The summed E-state index contributed by atoms with van der Waals surface area (Å²) in [7, 11) is 0. The normalized spacial score (nSPS) is 10.5. The van der Waals surface area contributed by atoms with Crippen LogP contribution in [0.2, 0.25) is 0 Å². The molecule has 0 radical (unpaired) electrons. The summed E-state index contributed by atoms with van der Waals surface area (Å²) < 4.78 is 11.8. The highest BCUT2D eigenvalue weighted by Crippen LogP contribution is 2.36. The quantitative estimate of drug-likeness (QED) is 0.290. The Hall–Kier alpha value is -2.64. The smallest absolute Gasteiger partial charge is 0.341 e. The number of ether oxygens (including phenoxy) is 2. The number of nitrogens with one attached hydrogen (secondary N) is 1. The van der Waals surface area contributed by atoms with Gasteiger partial charge in [-0.25, -0.2) is 4.79 Å². The third-order valence-electron chi connectivity index (χ3n) is 4.24. The molecule has 0 aliphatic carbocycles. The first kappa shape index (κ1) is 22.1.